The lowest BCUT2D eigenvalue weighted by atomic mass is 10.1. The molecule has 9 heteroatoms. The van der Waals surface area contributed by atoms with E-state index in [2.05, 4.69) is 73.1 Å². The zero-order valence-corrected chi connectivity index (χ0v) is 19.7. The first-order valence-electron chi connectivity index (χ1n) is 6.85. The average Bonchev–Trinajstić information content (AvgIpc) is 2.47. The van der Waals surface area contributed by atoms with E-state index in [1.165, 1.54) is 13.8 Å². The molecule has 0 atom stereocenters. The number of hydrogen-bond donors (Lipinski definition) is 1. The van der Waals surface area contributed by atoms with E-state index < -0.39 is 18.0 Å². The number of benzene rings is 1. The van der Waals surface area contributed by atoms with Gasteiger partial charge < -0.3 is 14.8 Å². The van der Waals surface area contributed by atoms with Gasteiger partial charge in [-0.15, -0.1) is 0 Å². The molecule has 0 saturated carbocycles. The summed E-state index contributed by atoms with van der Waals surface area (Å²) in [6.07, 6.45) is 0. The van der Waals surface area contributed by atoms with Crippen molar-refractivity contribution in [3.63, 3.8) is 0 Å². The van der Waals surface area contributed by atoms with Gasteiger partial charge in [0.15, 0.2) is 0 Å². The molecule has 0 saturated heterocycles. The van der Waals surface area contributed by atoms with Gasteiger partial charge in [-0.1, -0.05) is 0 Å². The van der Waals surface area contributed by atoms with Crippen LogP contribution in [0.4, 0.5) is 0 Å². The maximum Gasteiger partial charge on any atom is 0.302 e. The molecule has 6 nitrogen and oxygen atoms in total. The Morgan fingerprint density at radius 2 is 1.54 bits per heavy atom. The Labute approximate surface area is 181 Å². The summed E-state index contributed by atoms with van der Waals surface area (Å²) < 4.78 is 12.6. The lowest BCUT2D eigenvalue weighted by molar-refractivity contribution is -0.144. The molecule has 1 aromatic rings. The molecule has 1 aromatic carbocycles. The molecule has 0 aliphatic heterocycles. The van der Waals surface area contributed by atoms with Crippen LogP contribution in [0, 0.1) is 17.6 Å². The van der Waals surface area contributed by atoms with Crippen molar-refractivity contribution >= 4 is 85.6 Å². The van der Waals surface area contributed by atoms with Gasteiger partial charge in [-0.3, -0.25) is 14.4 Å². The van der Waals surface area contributed by atoms with Crippen molar-refractivity contribution in [3.05, 3.63) is 27.9 Å². The zero-order valence-electron chi connectivity index (χ0n) is 13.2. The van der Waals surface area contributed by atoms with E-state index in [-0.39, 0.29) is 19.1 Å². The molecule has 0 spiro atoms. The van der Waals surface area contributed by atoms with Crippen LogP contribution < -0.4 is 5.32 Å². The predicted molar refractivity (Wildman–Crippen MR) is 114 cm³/mol. The lowest BCUT2D eigenvalue weighted by Crippen LogP contribution is -2.43. The largest absolute Gasteiger partial charge is 0.464 e. The molecule has 0 radical (unpaired) electrons. The molecule has 1 amide bonds. The third-order valence-electron chi connectivity index (χ3n) is 2.94. The molecule has 1 rings (SSSR count). The molecule has 0 aliphatic carbocycles. The molecular weight excluding hydrogens is 655 g/mol. The maximum absolute atomic E-state index is 12.6. The molecule has 0 bridgehead atoms. The number of esters is 2. The first-order chi connectivity index (χ1) is 11.1. The van der Waals surface area contributed by atoms with Crippen LogP contribution in [0.2, 0.25) is 0 Å². The molecule has 0 aliphatic rings. The summed E-state index contributed by atoms with van der Waals surface area (Å²) >= 11 is 6.48. The van der Waals surface area contributed by atoms with Crippen molar-refractivity contribution in [3.8, 4) is 0 Å². The fraction of sp³-hybridized carbons (Fsp3) is 0.400. The summed E-state index contributed by atoms with van der Waals surface area (Å²) in [5.74, 6) is -1.23. The molecule has 0 fully saturated rings. The molecule has 24 heavy (non-hydrogen) atoms. The molecule has 0 aromatic heterocycles. The van der Waals surface area contributed by atoms with E-state index in [1.54, 1.807) is 0 Å². The summed E-state index contributed by atoms with van der Waals surface area (Å²) in [6.45, 7) is 4.37. The Balaban J connectivity index is 2.96. The molecule has 132 valence electrons. The van der Waals surface area contributed by atoms with Gasteiger partial charge in [0, 0.05) is 24.6 Å². The highest BCUT2D eigenvalue weighted by molar-refractivity contribution is 14.1. The van der Waals surface area contributed by atoms with Crippen LogP contribution in [0.5, 0.6) is 0 Å². The van der Waals surface area contributed by atoms with Gasteiger partial charge in [0.25, 0.3) is 5.91 Å². The molecule has 0 heterocycles. The first-order valence-corrected chi connectivity index (χ1v) is 10.1. The number of ether oxygens (including phenoxy) is 2. The standard InChI is InChI=1S/C15H16I3NO5/c1-7-11(16)4-12(17)13(14(7)18)15(22)19-10(5-23-8(2)20)6-24-9(3)21/h4,10H,5-6H2,1-3H3,(H,19,22). The third-order valence-corrected chi connectivity index (χ3v) is 6.26. The number of halogens is 3. The Bertz CT molecular complexity index is 645. The maximum atomic E-state index is 12.6. The van der Waals surface area contributed by atoms with E-state index in [9.17, 15) is 14.4 Å². The highest BCUT2D eigenvalue weighted by Gasteiger charge is 2.22. The average molecular weight is 671 g/mol. The second kappa shape index (κ2) is 10.1. The minimum atomic E-state index is -0.614. The van der Waals surface area contributed by atoms with Crippen LogP contribution in [0.25, 0.3) is 0 Å². The van der Waals surface area contributed by atoms with Gasteiger partial charge in [-0.2, -0.15) is 0 Å². The fourth-order valence-electron chi connectivity index (χ4n) is 1.72. The van der Waals surface area contributed by atoms with Crippen molar-refractivity contribution < 1.29 is 23.9 Å². The highest BCUT2D eigenvalue weighted by Crippen LogP contribution is 2.27. The Kier molecular flexibility index (Phi) is 9.19. The van der Waals surface area contributed by atoms with Gasteiger partial charge in [-0.05, 0) is 86.3 Å². The van der Waals surface area contributed by atoms with Gasteiger partial charge in [0.05, 0.1) is 11.6 Å². The topological polar surface area (TPSA) is 81.7 Å². The van der Waals surface area contributed by atoms with E-state index >= 15 is 0 Å². The molecular formula is C15H16I3NO5. The molecule has 1 N–H and O–H groups in total. The first kappa shape index (κ1) is 21.9. The van der Waals surface area contributed by atoms with Crippen LogP contribution in [0.15, 0.2) is 6.07 Å². The Morgan fingerprint density at radius 1 is 1.04 bits per heavy atom. The minimum Gasteiger partial charge on any atom is -0.464 e. The Hall–Kier alpha value is -0.180. The summed E-state index contributed by atoms with van der Waals surface area (Å²) in [5, 5.41) is 2.77. The van der Waals surface area contributed by atoms with E-state index in [0.717, 1.165) is 16.3 Å². The number of hydrogen-bond acceptors (Lipinski definition) is 5. The lowest BCUT2D eigenvalue weighted by Gasteiger charge is -2.19. The smallest absolute Gasteiger partial charge is 0.302 e. The second-order valence-electron chi connectivity index (χ2n) is 4.93. The third kappa shape index (κ3) is 6.61. The number of carbonyl (C=O) groups is 3. The van der Waals surface area contributed by atoms with Gasteiger partial charge in [0.2, 0.25) is 0 Å². The fourth-order valence-corrected chi connectivity index (χ4v) is 5.58. The van der Waals surface area contributed by atoms with Gasteiger partial charge in [-0.25, -0.2) is 0 Å². The molecule has 0 unspecified atom stereocenters. The monoisotopic (exact) mass is 671 g/mol. The second-order valence-corrected chi connectivity index (χ2v) is 8.33. The summed E-state index contributed by atoms with van der Waals surface area (Å²) in [6, 6.07) is 1.32. The number of rotatable bonds is 6. The summed E-state index contributed by atoms with van der Waals surface area (Å²) in [7, 11) is 0. The van der Waals surface area contributed by atoms with Crippen molar-refractivity contribution in [2.45, 2.75) is 26.8 Å². The summed E-state index contributed by atoms with van der Waals surface area (Å²) in [5.41, 5.74) is 1.59. The predicted octanol–water partition coefficient (Wildman–Crippen LogP) is 3.03. The van der Waals surface area contributed by atoms with Crippen LogP contribution >= 0.6 is 67.8 Å². The zero-order chi connectivity index (χ0) is 18.4. The van der Waals surface area contributed by atoms with Gasteiger partial charge >= 0.3 is 11.9 Å². The van der Waals surface area contributed by atoms with Crippen LogP contribution in [-0.4, -0.2) is 37.1 Å². The van der Waals surface area contributed by atoms with E-state index in [4.69, 9.17) is 9.47 Å². The van der Waals surface area contributed by atoms with Crippen LogP contribution in [-0.2, 0) is 19.1 Å². The number of amides is 1. The van der Waals surface area contributed by atoms with E-state index in [1.807, 2.05) is 13.0 Å². The van der Waals surface area contributed by atoms with Crippen molar-refractivity contribution in [2.24, 2.45) is 0 Å². The normalized spacial score (nSPS) is 10.5. The Morgan fingerprint density at radius 3 is 2.00 bits per heavy atom. The van der Waals surface area contributed by atoms with Crippen molar-refractivity contribution in [1.82, 2.24) is 5.32 Å². The number of carbonyl (C=O) groups excluding carboxylic acids is 3. The number of nitrogens with one attached hydrogen (secondary N) is 1. The van der Waals surface area contributed by atoms with Crippen LogP contribution in [0.3, 0.4) is 0 Å². The SMILES string of the molecule is CC(=O)OCC(COC(C)=O)NC(=O)c1c(I)cc(I)c(C)c1I. The quantitative estimate of drug-likeness (QED) is 0.372. The van der Waals surface area contributed by atoms with Crippen molar-refractivity contribution in [1.29, 1.82) is 0 Å². The van der Waals surface area contributed by atoms with Gasteiger partial charge in [0.1, 0.15) is 13.2 Å². The van der Waals surface area contributed by atoms with Crippen molar-refractivity contribution in [2.75, 3.05) is 13.2 Å². The van der Waals surface area contributed by atoms with Crippen LogP contribution in [0.1, 0.15) is 29.8 Å². The van der Waals surface area contributed by atoms with E-state index in [0.29, 0.717) is 5.56 Å². The minimum absolute atomic E-state index is 0.0646. The summed E-state index contributed by atoms with van der Waals surface area (Å²) in [4.78, 5) is 34.6. The highest BCUT2D eigenvalue weighted by atomic mass is 127.